The summed E-state index contributed by atoms with van der Waals surface area (Å²) in [6.07, 6.45) is 4.63. The largest absolute Gasteiger partial charge is 0.316 e. The Morgan fingerprint density at radius 1 is 1.41 bits per heavy atom. The van der Waals surface area contributed by atoms with Crippen molar-refractivity contribution in [2.24, 2.45) is 0 Å². The molecule has 1 N–H and O–H groups in total. The molecule has 0 amide bonds. The van der Waals surface area contributed by atoms with Crippen molar-refractivity contribution in [3.8, 4) is 5.69 Å². The standard InChI is InChI=1S/C13H16ClN3/c1-3-13-16-6-7-17(13)12-5-4-10(9-15-2)8-11(12)14/h4-8,15H,3,9H2,1-2H3. The van der Waals surface area contributed by atoms with Gasteiger partial charge in [-0.05, 0) is 24.7 Å². The van der Waals surface area contributed by atoms with Crippen LogP contribution < -0.4 is 5.32 Å². The molecule has 0 saturated heterocycles. The van der Waals surface area contributed by atoms with E-state index < -0.39 is 0 Å². The Hall–Kier alpha value is -1.32. The lowest BCUT2D eigenvalue weighted by Crippen LogP contribution is -2.06. The highest BCUT2D eigenvalue weighted by Gasteiger charge is 2.07. The molecule has 0 bridgehead atoms. The van der Waals surface area contributed by atoms with E-state index in [-0.39, 0.29) is 0 Å². The summed E-state index contributed by atoms with van der Waals surface area (Å²) in [5, 5.41) is 3.87. The fourth-order valence-corrected chi connectivity index (χ4v) is 2.17. The van der Waals surface area contributed by atoms with Gasteiger partial charge < -0.3 is 9.88 Å². The first-order chi connectivity index (χ1) is 8.26. The zero-order chi connectivity index (χ0) is 12.3. The number of hydrogen-bond donors (Lipinski definition) is 1. The first-order valence-electron chi connectivity index (χ1n) is 5.72. The highest BCUT2D eigenvalue weighted by atomic mass is 35.5. The van der Waals surface area contributed by atoms with Crippen molar-refractivity contribution in [1.82, 2.24) is 14.9 Å². The van der Waals surface area contributed by atoms with E-state index in [9.17, 15) is 0 Å². The summed E-state index contributed by atoms with van der Waals surface area (Å²) in [7, 11) is 1.92. The Morgan fingerprint density at radius 2 is 2.24 bits per heavy atom. The number of nitrogens with zero attached hydrogens (tertiary/aromatic N) is 2. The maximum absolute atomic E-state index is 6.31. The molecule has 0 radical (unpaired) electrons. The van der Waals surface area contributed by atoms with E-state index in [2.05, 4.69) is 23.3 Å². The van der Waals surface area contributed by atoms with Gasteiger partial charge >= 0.3 is 0 Å². The van der Waals surface area contributed by atoms with Crippen molar-refractivity contribution in [2.75, 3.05) is 7.05 Å². The zero-order valence-electron chi connectivity index (χ0n) is 10.1. The third-order valence-corrected chi connectivity index (χ3v) is 2.99. The van der Waals surface area contributed by atoms with Gasteiger partial charge in [0, 0.05) is 25.4 Å². The molecule has 3 nitrogen and oxygen atoms in total. The van der Waals surface area contributed by atoms with Crippen LogP contribution in [0, 0.1) is 0 Å². The smallest absolute Gasteiger partial charge is 0.112 e. The molecule has 90 valence electrons. The monoisotopic (exact) mass is 249 g/mol. The predicted molar refractivity (Wildman–Crippen MR) is 70.7 cm³/mol. The predicted octanol–water partition coefficient (Wildman–Crippen LogP) is 2.81. The van der Waals surface area contributed by atoms with Crippen molar-refractivity contribution < 1.29 is 0 Å². The summed E-state index contributed by atoms with van der Waals surface area (Å²) in [4.78, 5) is 4.30. The summed E-state index contributed by atoms with van der Waals surface area (Å²) in [6, 6.07) is 6.11. The van der Waals surface area contributed by atoms with E-state index >= 15 is 0 Å². The lowest BCUT2D eigenvalue weighted by atomic mass is 10.2. The number of hydrogen-bond acceptors (Lipinski definition) is 2. The Kier molecular flexibility index (Phi) is 3.82. The van der Waals surface area contributed by atoms with E-state index in [4.69, 9.17) is 11.6 Å². The van der Waals surface area contributed by atoms with Crippen LogP contribution in [0.1, 0.15) is 18.3 Å². The summed E-state index contributed by atoms with van der Waals surface area (Å²) < 4.78 is 2.03. The Bertz CT molecular complexity index is 505. The SMILES string of the molecule is CCc1nccn1-c1ccc(CNC)cc1Cl. The number of rotatable bonds is 4. The van der Waals surface area contributed by atoms with E-state index in [0.717, 1.165) is 29.5 Å². The molecular formula is C13H16ClN3. The lowest BCUT2D eigenvalue weighted by molar-refractivity contribution is 0.816. The average molecular weight is 250 g/mol. The van der Waals surface area contributed by atoms with Gasteiger partial charge in [-0.25, -0.2) is 4.98 Å². The summed E-state index contributed by atoms with van der Waals surface area (Å²) in [5.74, 6) is 1.02. The van der Waals surface area contributed by atoms with Gasteiger partial charge in [-0.2, -0.15) is 0 Å². The highest BCUT2D eigenvalue weighted by molar-refractivity contribution is 6.32. The maximum atomic E-state index is 6.31. The van der Waals surface area contributed by atoms with Gasteiger partial charge in [0.05, 0.1) is 10.7 Å². The quantitative estimate of drug-likeness (QED) is 0.903. The van der Waals surface area contributed by atoms with Crippen LogP contribution in [0.25, 0.3) is 5.69 Å². The van der Waals surface area contributed by atoms with Gasteiger partial charge in [-0.1, -0.05) is 24.6 Å². The molecule has 1 aromatic heterocycles. The fraction of sp³-hybridized carbons (Fsp3) is 0.308. The third-order valence-electron chi connectivity index (χ3n) is 2.69. The molecule has 2 aromatic rings. The Morgan fingerprint density at radius 3 is 2.88 bits per heavy atom. The van der Waals surface area contributed by atoms with Crippen LogP contribution >= 0.6 is 11.6 Å². The number of nitrogens with one attached hydrogen (secondary N) is 1. The lowest BCUT2D eigenvalue weighted by Gasteiger charge is -2.10. The van der Waals surface area contributed by atoms with Crippen LogP contribution in [0.15, 0.2) is 30.6 Å². The Labute approximate surface area is 106 Å². The van der Waals surface area contributed by atoms with Crippen LogP contribution in [0.3, 0.4) is 0 Å². The number of aryl methyl sites for hydroxylation is 1. The van der Waals surface area contributed by atoms with Crippen LogP contribution in [0.4, 0.5) is 0 Å². The van der Waals surface area contributed by atoms with Gasteiger partial charge in [-0.15, -0.1) is 0 Å². The summed E-state index contributed by atoms with van der Waals surface area (Å²) in [6.45, 7) is 2.91. The maximum Gasteiger partial charge on any atom is 0.112 e. The molecule has 2 rings (SSSR count). The van der Waals surface area contributed by atoms with Gasteiger partial charge in [-0.3, -0.25) is 0 Å². The molecule has 0 saturated carbocycles. The second-order valence-corrected chi connectivity index (χ2v) is 4.29. The molecule has 0 aliphatic rings. The number of imidazole rings is 1. The van der Waals surface area contributed by atoms with Gasteiger partial charge in [0.1, 0.15) is 5.82 Å². The minimum Gasteiger partial charge on any atom is -0.316 e. The molecule has 1 aromatic carbocycles. The molecule has 0 aliphatic carbocycles. The van der Waals surface area contributed by atoms with Crippen molar-refractivity contribution in [3.63, 3.8) is 0 Å². The van der Waals surface area contributed by atoms with Gasteiger partial charge in [0.25, 0.3) is 0 Å². The molecule has 0 atom stereocenters. The van der Waals surface area contributed by atoms with Crippen molar-refractivity contribution >= 4 is 11.6 Å². The van der Waals surface area contributed by atoms with Crippen LogP contribution in [-0.2, 0) is 13.0 Å². The van der Waals surface area contributed by atoms with Crippen molar-refractivity contribution in [2.45, 2.75) is 19.9 Å². The number of aromatic nitrogens is 2. The highest BCUT2D eigenvalue weighted by Crippen LogP contribution is 2.23. The molecule has 17 heavy (non-hydrogen) atoms. The summed E-state index contributed by atoms with van der Waals surface area (Å²) in [5.41, 5.74) is 2.17. The van der Waals surface area contributed by atoms with E-state index in [1.807, 2.05) is 29.9 Å². The minimum absolute atomic E-state index is 0.755. The Balaban J connectivity index is 2.39. The first-order valence-corrected chi connectivity index (χ1v) is 6.09. The number of halogens is 1. The molecular weight excluding hydrogens is 234 g/mol. The molecule has 0 spiro atoms. The van der Waals surface area contributed by atoms with E-state index in [1.54, 1.807) is 6.20 Å². The molecule has 0 fully saturated rings. The topological polar surface area (TPSA) is 29.9 Å². The minimum atomic E-state index is 0.755. The van der Waals surface area contributed by atoms with Gasteiger partial charge in [0.2, 0.25) is 0 Å². The average Bonchev–Trinajstić information content (AvgIpc) is 2.77. The fourth-order valence-electron chi connectivity index (χ4n) is 1.88. The van der Waals surface area contributed by atoms with Gasteiger partial charge in [0.15, 0.2) is 0 Å². The second-order valence-electron chi connectivity index (χ2n) is 3.88. The number of benzene rings is 1. The van der Waals surface area contributed by atoms with E-state index in [1.165, 1.54) is 5.56 Å². The molecule has 0 unspecified atom stereocenters. The molecule has 1 heterocycles. The molecule has 0 aliphatic heterocycles. The van der Waals surface area contributed by atoms with Crippen LogP contribution in [0.2, 0.25) is 5.02 Å². The van der Waals surface area contributed by atoms with Crippen LogP contribution in [0.5, 0.6) is 0 Å². The van der Waals surface area contributed by atoms with E-state index in [0.29, 0.717) is 0 Å². The molecule has 4 heteroatoms. The van der Waals surface area contributed by atoms with Crippen molar-refractivity contribution in [1.29, 1.82) is 0 Å². The summed E-state index contributed by atoms with van der Waals surface area (Å²) >= 11 is 6.31. The van der Waals surface area contributed by atoms with Crippen molar-refractivity contribution in [3.05, 3.63) is 47.0 Å². The normalized spacial score (nSPS) is 10.8. The zero-order valence-corrected chi connectivity index (χ0v) is 10.8. The second kappa shape index (κ2) is 5.34. The first kappa shape index (κ1) is 12.1. The third kappa shape index (κ3) is 2.51. The van der Waals surface area contributed by atoms with Crippen LogP contribution in [-0.4, -0.2) is 16.6 Å².